The van der Waals surface area contributed by atoms with E-state index in [4.69, 9.17) is 54.2 Å². The Balaban J connectivity index is 0.866. The molecular formula is C34H48N15O23P4+. The first-order valence-corrected chi connectivity index (χ1v) is 28.0. The van der Waals surface area contributed by atoms with Crippen LogP contribution in [0.1, 0.15) is 32.0 Å². The standard InChI is InChI=1S/C34H47N15O23P4/c1-4-12-13(67-30(19(12)50)49-11-46(2)18-27(49)43-34(37)45-29(18)54)5-65-74(57,58)71-76(61,62)72-75(59,60)66-7-15-22(23(63-3)32(69-15)47-9-40-16-24(35)38-8-39-25(16)47)70-73(55,56)64-6-14-20(51)21(52)31(68-14)48-10-41-17-26(48)42-33(36)44-28(17)53/h8-15,19-23,30-32,50-52H,4-7H2,1-3H3,(H11-,35,36,37,38,39,42,43,44,45,53,54,55,56,57,58,59,60,61,62)/p+1/t12-,13-,14-,15-,19-,20-,21-,22-,23-,30-,31-,32-/m1/s1. The second-order valence-electron chi connectivity index (χ2n) is 17.0. The maximum Gasteiger partial charge on any atom is 0.490 e. The predicted octanol–water partition coefficient (Wildman–Crippen LogP) is -3.05. The number of phosphoric acid groups is 4. The number of imidazole rings is 3. The van der Waals surface area contributed by atoms with E-state index in [1.165, 1.54) is 27.1 Å². The monoisotopic (exact) mass is 1160 g/mol. The van der Waals surface area contributed by atoms with Crippen LogP contribution in [0.25, 0.3) is 33.5 Å². The van der Waals surface area contributed by atoms with Gasteiger partial charge in [-0.1, -0.05) is 11.9 Å². The lowest BCUT2D eigenvalue weighted by Crippen LogP contribution is -2.45. The Labute approximate surface area is 422 Å². The van der Waals surface area contributed by atoms with E-state index in [1.54, 1.807) is 6.92 Å². The lowest BCUT2D eigenvalue weighted by Gasteiger charge is -2.26. The second kappa shape index (κ2) is 20.9. The fourth-order valence-electron chi connectivity index (χ4n) is 8.88. The zero-order valence-electron chi connectivity index (χ0n) is 39.2. The van der Waals surface area contributed by atoms with E-state index in [1.807, 2.05) is 0 Å². The summed E-state index contributed by atoms with van der Waals surface area (Å²) in [5.74, 6) is -1.46. The van der Waals surface area contributed by atoms with E-state index in [2.05, 4.69) is 48.5 Å². The Hall–Kier alpha value is -5.11. The molecule has 3 aliphatic rings. The number of H-pyrrole nitrogens is 2. The number of methoxy groups -OCH3 is 1. The number of aromatic nitrogens is 12. The summed E-state index contributed by atoms with van der Waals surface area (Å²) in [6.07, 6.45) is -12.3. The Bertz CT molecular complexity index is 3490. The number of hydrogen-bond acceptors (Lipinski definition) is 28. The van der Waals surface area contributed by atoms with Crippen LogP contribution in [0.2, 0.25) is 0 Å². The molecule has 4 unspecified atom stereocenters. The lowest BCUT2D eigenvalue weighted by atomic mass is 9.95. The minimum absolute atomic E-state index is 0.0159. The van der Waals surface area contributed by atoms with Crippen molar-refractivity contribution in [1.82, 2.24) is 53.6 Å². The molecule has 0 radical (unpaired) electrons. The van der Waals surface area contributed by atoms with Gasteiger partial charge in [-0.15, -0.1) is 0 Å². The van der Waals surface area contributed by atoms with Gasteiger partial charge in [0.15, 0.2) is 41.4 Å². The van der Waals surface area contributed by atoms with Crippen molar-refractivity contribution < 1.29 is 103 Å². The summed E-state index contributed by atoms with van der Waals surface area (Å²) >= 11 is 0. The largest absolute Gasteiger partial charge is 0.490 e. The molecule has 9 heterocycles. The first-order chi connectivity index (χ1) is 35.7. The highest BCUT2D eigenvalue weighted by Gasteiger charge is 2.54. The Morgan fingerprint density at radius 3 is 1.96 bits per heavy atom. The number of nitrogens with two attached hydrogens (primary N) is 3. The van der Waals surface area contributed by atoms with E-state index in [0.29, 0.717) is 0 Å². The van der Waals surface area contributed by atoms with Crippen molar-refractivity contribution in [3.63, 3.8) is 0 Å². The van der Waals surface area contributed by atoms with Crippen LogP contribution in [0, 0.1) is 5.92 Å². The van der Waals surface area contributed by atoms with Gasteiger partial charge < -0.3 is 71.0 Å². The van der Waals surface area contributed by atoms with Gasteiger partial charge in [-0.25, -0.2) is 42.8 Å². The lowest BCUT2D eigenvalue weighted by molar-refractivity contribution is -0.745. The molecule has 3 aliphatic heterocycles. The molecule has 6 aromatic heterocycles. The Morgan fingerprint density at radius 2 is 1.29 bits per heavy atom. The number of nitrogen functional groups attached to an aromatic ring is 3. The Kier molecular flexibility index (Phi) is 15.3. The summed E-state index contributed by atoms with van der Waals surface area (Å²) in [4.78, 5) is 96.3. The number of nitrogens with one attached hydrogen (secondary N) is 2. The molecule has 0 spiro atoms. The van der Waals surface area contributed by atoms with Gasteiger partial charge in [0.25, 0.3) is 17.1 Å². The van der Waals surface area contributed by atoms with Crippen LogP contribution < -0.4 is 32.9 Å². The first kappa shape index (κ1) is 55.6. The minimum atomic E-state index is -6.15. The summed E-state index contributed by atoms with van der Waals surface area (Å²) in [5.41, 5.74) is 15.8. The zero-order valence-corrected chi connectivity index (χ0v) is 42.8. The molecule has 6 aromatic rings. The third-order valence-corrected chi connectivity index (χ3v) is 17.5. The average molecular weight is 1160 g/mol. The third-order valence-electron chi connectivity index (χ3n) is 12.2. The van der Waals surface area contributed by atoms with Crippen molar-refractivity contribution >= 4 is 82.5 Å². The van der Waals surface area contributed by atoms with Crippen molar-refractivity contribution in [2.24, 2.45) is 13.0 Å². The fourth-order valence-corrected chi connectivity index (χ4v) is 13.4. The zero-order chi connectivity index (χ0) is 55.0. The van der Waals surface area contributed by atoms with Crippen LogP contribution in [0.4, 0.5) is 17.7 Å². The van der Waals surface area contributed by atoms with Gasteiger partial charge in [0, 0.05) is 13.0 Å². The molecule has 416 valence electrons. The smallest absolute Gasteiger partial charge is 0.387 e. The number of fused-ring (bicyclic) bond motifs is 3. The quantitative estimate of drug-likeness (QED) is 0.0267. The predicted molar refractivity (Wildman–Crippen MR) is 247 cm³/mol. The highest BCUT2D eigenvalue weighted by atomic mass is 31.3. The molecule has 0 bridgehead atoms. The molecule has 16 atom stereocenters. The van der Waals surface area contributed by atoms with Gasteiger partial charge in [-0.3, -0.25) is 51.4 Å². The number of aromatic amines is 2. The van der Waals surface area contributed by atoms with Crippen molar-refractivity contribution in [1.29, 1.82) is 0 Å². The summed E-state index contributed by atoms with van der Waals surface area (Å²) in [6.45, 7) is -1.46. The molecule has 0 aliphatic carbocycles. The van der Waals surface area contributed by atoms with Crippen LogP contribution >= 0.6 is 31.3 Å². The van der Waals surface area contributed by atoms with Crippen molar-refractivity contribution in [2.45, 2.75) is 80.9 Å². The number of anilines is 3. The summed E-state index contributed by atoms with van der Waals surface area (Å²) < 4.78 is 110. The molecule has 76 heavy (non-hydrogen) atoms. The van der Waals surface area contributed by atoms with Crippen molar-refractivity contribution in [3.8, 4) is 0 Å². The van der Waals surface area contributed by atoms with E-state index < -0.39 is 136 Å². The number of phosphoric ester groups is 3. The van der Waals surface area contributed by atoms with Crippen LogP contribution in [-0.2, 0) is 71.0 Å². The number of aliphatic hydroxyl groups is 3. The van der Waals surface area contributed by atoms with E-state index in [0.717, 1.165) is 30.7 Å². The molecule has 0 amide bonds. The first-order valence-electron chi connectivity index (χ1n) is 22.0. The molecule has 3 fully saturated rings. The molecule has 3 saturated heterocycles. The Morgan fingerprint density at radius 1 is 0.697 bits per heavy atom. The van der Waals surface area contributed by atoms with Gasteiger partial charge in [0.2, 0.25) is 17.7 Å². The van der Waals surface area contributed by atoms with Gasteiger partial charge in [-0.2, -0.15) is 13.6 Å². The van der Waals surface area contributed by atoms with Crippen LogP contribution in [0.5, 0.6) is 0 Å². The summed E-state index contributed by atoms with van der Waals surface area (Å²) in [6, 6.07) is 0. The number of rotatable bonds is 20. The second-order valence-corrected chi connectivity index (χ2v) is 23.1. The van der Waals surface area contributed by atoms with E-state index in [9.17, 15) is 62.7 Å². The highest BCUT2D eigenvalue weighted by Crippen LogP contribution is 2.68. The van der Waals surface area contributed by atoms with Crippen molar-refractivity contribution in [3.05, 3.63) is 46.0 Å². The van der Waals surface area contributed by atoms with Gasteiger partial charge in [-0.05, 0) is 6.42 Å². The highest BCUT2D eigenvalue weighted by molar-refractivity contribution is 7.66. The molecule has 38 nitrogen and oxygen atoms in total. The van der Waals surface area contributed by atoms with E-state index in [-0.39, 0.29) is 57.6 Å². The fraction of sp³-hybridized carbons (Fsp3) is 0.559. The van der Waals surface area contributed by atoms with Crippen molar-refractivity contribution in [2.75, 3.05) is 44.1 Å². The molecule has 0 aromatic carbocycles. The summed E-state index contributed by atoms with van der Waals surface area (Å²) in [5, 5.41) is 33.0. The van der Waals surface area contributed by atoms with Crippen LogP contribution in [0.3, 0.4) is 0 Å². The number of hydrogen-bond donors (Lipinski definition) is 12. The third kappa shape index (κ3) is 11.0. The number of aliphatic hydroxyl groups excluding tert-OH is 3. The molecule has 0 saturated carbocycles. The molecular weight excluding hydrogens is 1110 g/mol. The SMILES string of the molecule is CC[C@H]1[C@@H](O)[C@H]([n+]2cn(C)c3c(=O)[nH]c(N)nc32)O[C@@H]1COP(=O)(O)OP(=O)(O)OP(=O)(O)OC[C@H]1O[C@@H](n2cnc3c(N)ncnc32)[C@H](OC)[C@@H]1OP(=O)(O)OC[C@H]1O[C@@H](n2cnc3c(=O)[nH]c(N)nc32)[C@H](O)[C@@H]1O. The minimum Gasteiger partial charge on any atom is -0.387 e. The van der Waals surface area contributed by atoms with Crippen LogP contribution in [0.15, 0.2) is 34.9 Å². The maximum absolute atomic E-state index is 13.7. The molecule has 15 N–H and O–H groups in total. The van der Waals surface area contributed by atoms with Crippen LogP contribution in [-0.4, -0.2) is 164 Å². The average Bonchev–Trinajstić information content (AvgIpc) is 4.20. The molecule has 42 heteroatoms. The topological polar surface area (TPSA) is 542 Å². The van der Waals surface area contributed by atoms with Gasteiger partial charge in [0.1, 0.15) is 54.6 Å². The normalized spacial score (nSPS) is 30.2. The van der Waals surface area contributed by atoms with Gasteiger partial charge >= 0.3 is 36.9 Å². The molecule has 9 rings (SSSR count). The summed E-state index contributed by atoms with van der Waals surface area (Å²) in [7, 11) is -20.6. The van der Waals surface area contributed by atoms with E-state index >= 15 is 0 Å². The maximum atomic E-state index is 13.7. The number of ether oxygens (including phenoxy) is 4. The number of aryl methyl sites for hydroxylation is 1. The number of nitrogens with zero attached hydrogens (tertiary/aromatic N) is 10. The van der Waals surface area contributed by atoms with Gasteiger partial charge in [0.05, 0.1) is 45.6 Å².